The maximum atomic E-state index is 12.9. The van der Waals surface area contributed by atoms with Crippen LogP contribution in [0.25, 0.3) is 0 Å². The summed E-state index contributed by atoms with van der Waals surface area (Å²) in [6.45, 7) is 28.2. The van der Waals surface area contributed by atoms with Gasteiger partial charge in [-0.3, -0.25) is 9.59 Å². The van der Waals surface area contributed by atoms with Crippen molar-refractivity contribution >= 4 is 35.1 Å². The number of nitrogens with two attached hydrogens (primary N) is 2. The van der Waals surface area contributed by atoms with E-state index in [9.17, 15) is 9.59 Å². The van der Waals surface area contributed by atoms with E-state index in [1.807, 2.05) is 69.2 Å². The van der Waals surface area contributed by atoms with Crippen LogP contribution in [-0.4, -0.2) is 33.1 Å². The van der Waals surface area contributed by atoms with Crippen molar-refractivity contribution < 1.29 is 12.4 Å². The van der Waals surface area contributed by atoms with Crippen LogP contribution in [0.2, 0.25) is 0 Å². The maximum Gasteiger partial charge on any atom is 0.156 e. The fourth-order valence-corrected chi connectivity index (χ4v) is 5.36. The van der Waals surface area contributed by atoms with Crippen LogP contribution in [0.4, 0.5) is 0 Å². The quantitative estimate of drug-likeness (QED) is 0.231. The van der Waals surface area contributed by atoms with Gasteiger partial charge < -0.3 is 11.5 Å². The van der Waals surface area contributed by atoms with Crippen LogP contribution in [-0.2, 0) is 21.1 Å². The predicted octanol–water partition coefficient (Wildman–Crippen LogP) is 8.92. The van der Waals surface area contributed by atoms with E-state index in [4.69, 9.17) is 11.5 Å². The number of carbonyl (C=O) groups is 2. The van der Waals surface area contributed by atoms with Gasteiger partial charge in [0.15, 0.2) is 11.6 Å². The normalized spacial score (nSPS) is 13.9. The van der Waals surface area contributed by atoms with Crippen LogP contribution in [0.15, 0.2) is 24.3 Å². The molecule has 0 aliphatic carbocycles. The molecule has 1 aromatic carbocycles. The standard InChI is InChI=1S/C28H48N2O2S2.2C2H6.2H2/c1-11-25(3,4)23(31)21(29)27(7,8)33-17-19-14-13-15-20(16-19)18-34-28(9,10)22(30)24(32)26(5,6)12-2;2*1-2;;/h13-16,21-22H,11-12,17-18,29-30H2,1-10H3;2*1-2H3;2*1H. The van der Waals surface area contributed by atoms with Gasteiger partial charge in [0.2, 0.25) is 0 Å². The number of hydrogen-bond donors (Lipinski definition) is 2. The number of Topliss-reactive ketones (excluding diaryl/α,β-unsaturated/α-hetero) is 2. The molecule has 226 valence electrons. The van der Waals surface area contributed by atoms with Gasteiger partial charge in [-0.15, -0.1) is 23.5 Å². The molecule has 0 aliphatic rings. The number of thioether (sulfide) groups is 2. The Labute approximate surface area is 247 Å². The lowest BCUT2D eigenvalue weighted by atomic mass is 9.79. The Morgan fingerprint density at radius 2 is 1.00 bits per heavy atom. The molecule has 0 saturated carbocycles. The van der Waals surface area contributed by atoms with Gasteiger partial charge in [-0.1, -0.05) is 93.5 Å². The molecular weight excluding hydrogens is 508 g/mol. The van der Waals surface area contributed by atoms with E-state index in [0.717, 1.165) is 24.3 Å². The van der Waals surface area contributed by atoms with Crippen molar-refractivity contribution in [2.45, 2.75) is 143 Å². The number of ketones is 2. The van der Waals surface area contributed by atoms with Crippen molar-refractivity contribution in [3.05, 3.63) is 35.4 Å². The monoisotopic (exact) mass is 572 g/mol. The zero-order valence-electron chi connectivity index (χ0n) is 27.1. The first-order valence-electron chi connectivity index (χ1n) is 14.4. The largest absolute Gasteiger partial charge is 0.320 e. The Morgan fingerprint density at radius 3 is 1.26 bits per heavy atom. The first kappa shape index (κ1) is 39.3. The number of benzene rings is 1. The smallest absolute Gasteiger partial charge is 0.156 e. The van der Waals surface area contributed by atoms with Gasteiger partial charge in [0.25, 0.3) is 0 Å². The van der Waals surface area contributed by atoms with Crippen LogP contribution >= 0.6 is 23.5 Å². The summed E-state index contributed by atoms with van der Waals surface area (Å²) >= 11 is 3.45. The predicted molar refractivity (Wildman–Crippen MR) is 178 cm³/mol. The molecule has 0 aliphatic heterocycles. The summed E-state index contributed by atoms with van der Waals surface area (Å²) in [5.41, 5.74) is 14.4. The average molecular weight is 573 g/mol. The first-order chi connectivity index (χ1) is 17.4. The second-order valence-corrected chi connectivity index (χ2v) is 15.0. The van der Waals surface area contributed by atoms with Gasteiger partial charge in [0.05, 0.1) is 12.1 Å². The molecule has 0 amide bonds. The minimum absolute atomic E-state index is 0. The lowest BCUT2D eigenvalue weighted by molar-refractivity contribution is -0.129. The zero-order valence-corrected chi connectivity index (χ0v) is 28.7. The van der Waals surface area contributed by atoms with Gasteiger partial charge in [-0.25, -0.2) is 0 Å². The average Bonchev–Trinajstić information content (AvgIpc) is 2.91. The fourth-order valence-electron chi connectivity index (χ4n) is 3.35. The summed E-state index contributed by atoms with van der Waals surface area (Å²) in [6, 6.07) is 7.48. The number of rotatable bonds is 14. The molecule has 1 rings (SSSR count). The van der Waals surface area contributed by atoms with E-state index >= 15 is 0 Å². The Bertz CT molecular complexity index is 794. The molecule has 0 fully saturated rings. The highest BCUT2D eigenvalue weighted by Crippen LogP contribution is 2.37. The van der Waals surface area contributed by atoms with Crippen molar-refractivity contribution in [3.63, 3.8) is 0 Å². The summed E-state index contributed by atoms with van der Waals surface area (Å²) < 4.78 is -0.731. The number of hydrogen-bond acceptors (Lipinski definition) is 6. The van der Waals surface area contributed by atoms with Gasteiger partial charge in [-0.2, -0.15) is 0 Å². The Hall–Kier alpha value is -0.820. The molecule has 0 radical (unpaired) electrons. The van der Waals surface area contributed by atoms with Gasteiger partial charge >= 0.3 is 0 Å². The zero-order chi connectivity index (χ0) is 30.5. The Balaban J connectivity index is -0.00000103. The lowest BCUT2D eigenvalue weighted by Gasteiger charge is -2.35. The van der Waals surface area contributed by atoms with Crippen LogP contribution in [0, 0.1) is 10.8 Å². The lowest BCUT2D eigenvalue weighted by Crippen LogP contribution is -2.51. The van der Waals surface area contributed by atoms with Crippen molar-refractivity contribution in [1.82, 2.24) is 0 Å². The second-order valence-electron chi connectivity index (χ2n) is 11.8. The Morgan fingerprint density at radius 1 is 0.711 bits per heavy atom. The highest BCUT2D eigenvalue weighted by molar-refractivity contribution is 8.00. The molecule has 0 spiro atoms. The molecule has 38 heavy (non-hydrogen) atoms. The second kappa shape index (κ2) is 17.1. The summed E-state index contributed by atoms with van der Waals surface area (Å²) in [5.74, 6) is 1.81. The van der Waals surface area contributed by atoms with Crippen LogP contribution in [0.5, 0.6) is 0 Å². The van der Waals surface area contributed by atoms with Crippen LogP contribution in [0.1, 0.15) is 124 Å². The summed E-state index contributed by atoms with van der Waals surface area (Å²) in [5, 5.41) is 0. The molecular formula is C32H64N2O2S2. The molecule has 1 aromatic rings. The minimum Gasteiger partial charge on any atom is -0.320 e. The molecule has 0 saturated heterocycles. The third kappa shape index (κ3) is 11.7. The maximum absolute atomic E-state index is 12.9. The first-order valence-corrected chi connectivity index (χ1v) is 16.3. The van der Waals surface area contributed by atoms with E-state index in [1.165, 1.54) is 11.1 Å². The molecule has 0 bridgehead atoms. The Kier molecular flexibility index (Phi) is 17.7. The van der Waals surface area contributed by atoms with E-state index in [2.05, 4.69) is 52.0 Å². The van der Waals surface area contributed by atoms with E-state index < -0.39 is 22.9 Å². The molecule has 2 unspecified atom stereocenters. The topological polar surface area (TPSA) is 86.2 Å². The molecule has 0 aromatic heterocycles. The van der Waals surface area contributed by atoms with E-state index in [-0.39, 0.29) is 23.9 Å². The molecule has 2 atom stereocenters. The SMILES string of the molecule is CC.CC.CCC(C)(C)C(=O)C(N)C(C)(C)SCc1cccc(CSC(C)(C)C(N)C(=O)C(C)(C)CC)c1.[HH].[HH]. The molecule has 4 N–H and O–H groups in total. The van der Waals surface area contributed by atoms with E-state index in [1.54, 1.807) is 23.5 Å². The third-order valence-corrected chi connectivity index (χ3v) is 10.3. The van der Waals surface area contributed by atoms with Gasteiger partial charge in [0, 0.05) is 34.7 Å². The summed E-state index contributed by atoms with van der Waals surface area (Å²) in [7, 11) is 0. The summed E-state index contributed by atoms with van der Waals surface area (Å²) in [6.07, 6.45) is 1.56. The van der Waals surface area contributed by atoms with Crippen molar-refractivity contribution in [3.8, 4) is 0 Å². The molecule has 0 heterocycles. The number of carbonyl (C=O) groups excluding carboxylic acids is 2. The molecule has 6 heteroatoms. The third-order valence-electron chi connectivity index (χ3n) is 7.38. The highest BCUT2D eigenvalue weighted by atomic mass is 32.2. The van der Waals surface area contributed by atoms with Crippen LogP contribution < -0.4 is 11.5 Å². The van der Waals surface area contributed by atoms with Crippen LogP contribution in [0.3, 0.4) is 0 Å². The van der Waals surface area contributed by atoms with Crippen molar-refractivity contribution in [2.24, 2.45) is 22.3 Å². The summed E-state index contributed by atoms with van der Waals surface area (Å²) in [4.78, 5) is 25.8. The minimum atomic E-state index is -0.515. The van der Waals surface area contributed by atoms with Gasteiger partial charge in [-0.05, 0) is 51.7 Å². The van der Waals surface area contributed by atoms with Crippen molar-refractivity contribution in [2.75, 3.05) is 0 Å². The highest BCUT2D eigenvalue weighted by Gasteiger charge is 2.40. The van der Waals surface area contributed by atoms with E-state index in [0.29, 0.717) is 0 Å². The fraction of sp³-hybridized carbons (Fsp3) is 0.750. The van der Waals surface area contributed by atoms with Crippen molar-refractivity contribution in [1.29, 1.82) is 0 Å². The molecule has 4 nitrogen and oxygen atoms in total. The van der Waals surface area contributed by atoms with Gasteiger partial charge in [0.1, 0.15) is 0 Å².